The minimum absolute atomic E-state index is 0.0620. The number of hydrogen-bond donors (Lipinski definition) is 1. The second kappa shape index (κ2) is 6.37. The standard InChI is InChI=1S/C16H18FNO2S/c1-3-16(13-9-7-12(2)8-10-13)18-21(19,20)15-6-4-5-14(17)11-15/h4-11,16,18H,3H2,1-2H3. The summed E-state index contributed by atoms with van der Waals surface area (Å²) in [5.41, 5.74) is 2.00. The molecule has 0 heterocycles. The van der Waals surface area contributed by atoms with Crippen molar-refractivity contribution in [2.45, 2.75) is 31.2 Å². The molecule has 0 radical (unpaired) electrons. The normalized spacial score (nSPS) is 13.1. The van der Waals surface area contributed by atoms with Gasteiger partial charge in [-0.2, -0.15) is 0 Å². The van der Waals surface area contributed by atoms with Crippen LogP contribution >= 0.6 is 0 Å². The predicted molar refractivity (Wildman–Crippen MR) is 80.9 cm³/mol. The average molecular weight is 307 g/mol. The first kappa shape index (κ1) is 15.7. The maximum atomic E-state index is 13.2. The van der Waals surface area contributed by atoms with Crippen LogP contribution in [0.2, 0.25) is 0 Å². The Morgan fingerprint density at radius 1 is 1.14 bits per heavy atom. The molecule has 0 fully saturated rings. The number of rotatable bonds is 5. The van der Waals surface area contributed by atoms with Crippen LogP contribution in [-0.4, -0.2) is 8.42 Å². The number of nitrogens with one attached hydrogen (secondary N) is 1. The van der Waals surface area contributed by atoms with Crippen LogP contribution in [0.15, 0.2) is 53.4 Å². The second-order valence-corrected chi connectivity index (χ2v) is 6.66. The third-order valence-corrected chi connectivity index (χ3v) is 4.76. The third-order valence-electron chi connectivity index (χ3n) is 3.29. The summed E-state index contributed by atoms with van der Waals surface area (Å²) in [6.45, 7) is 3.88. The fraction of sp³-hybridized carbons (Fsp3) is 0.250. The van der Waals surface area contributed by atoms with Crippen LogP contribution in [0.25, 0.3) is 0 Å². The molecule has 0 saturated carbocycles. The number of halogens is 1. The summed E-state index contributed by atoms with van der Waals surface area (Å²) >= 11 is 0. The van der Waals surface area contributed by atoms with E-state index in [1.165, 1.54) is 18.2 Å². The molecule has 1 N–H and O–H groups in total. The highest BCUT2D eigenvalue weighted by molar-refractivity contribution is 7.89. The quantitative estimate of drug-likeness (QED) is 0.918. The van der Waals surface area contributed by atoms with Crippen molar-refractivity contribution < 1.29 is 12.8 Å². The van der Waals surface area contributed by atoms with Gasteiger partial charge in [-0.05, 0) is 37.1 Å². The lowest BCUT2D eigenvalue weighted by molar-refractivity contribution is 0.548. The predicted octanol–water partition coefficient (Wildman–Crippen LogP) is 3.56. The second-order valence-electron chi connectivity index (χ2n) is 4.95. The minimum atomic E-state index is -3.74. The van der Waals surface area contributed by atoms with E-state index in [4.69, 9.17) is 0 Å². The van der Waals surface area contributed by atoms with Gasteiger partial charge in [0.2, 0.25) is 10.0 Å². The lowest BCUT2D eigenvalue weighted by Crippen LogP contribution is -2.28. The topological polar surface area (TPSA) is 46.2 Å². The Bertz CT molecular complexity index is 711. The Kier molecular flexibility index (Phi) is 4.75. The van der Waals surface area contributed by atoms with Gasteiger partial charge < -0.3 is 0 Å². The van der Waals surface area contributed by atoms with E-state index in [1.54, 1.807) is 0 Å². The summed E-state index contributed by atoms with van der Waals surface area (Å²) < 4.78 is 40.5. The summed E-state index contributed by atoms with van der Waals surface area (Å²) in [4.78, 5) is -0.0620. The van der Waals surface area contributed by atoms with Gasteiger partial charge in [0.25, 0.3) is 0 Å². The van der Waals surface area contributed by atoms with Gasteiger partial charge in [-0.15, -0.1) is 0 Å². The zero-order valence-corrected chi connectivity index (χ0v) is 12.8. The summed E-state index contributed by atoms with van der Waals surface area (Å²) in [6, 6.07) is 12.3. The maximum absolute atomic E-state index is 13.2. The van der Waals surface area contributed by atoms with Crippen molar-refractivity contribution in [2.75, 3.05) is 0 Å². The first-order valence-corrected chi connectivity index (χ1v) is 8.25. The van der Waals surface area contributed by atoms with Gasteiger partial charge in [0.15, 0.2) is 0 Å². The molecular weight excluding hydrogens is 289 g/mol. The Morgan fingerprint density at radius 2 is 1.81 bits per heavy atom. The molecule has 1 atom stereocenters. The van der Waals surface area contributed by atoms with E-state index in [2.05, 4.69) is 4.72 Å². The molecule has 112 valence electrons. The number of hydrogen-bond acceptors (Lipinski definition) is 2. The van der Waals surface area contributed by atoms with Gasteiger partial charge in [-0.25, -0.2) is 17.5 Å². The van der Waals surface area contributed by atoms with Crippen LogP contribution in [-0.2, 0) is 10.0 Å². The monoisotopic (exact) mass is 307 g/mol. The summed E-state index contributed by atoms with van der Waals surface area (Å²) in [7, 11) is -3.74. The Balaban J connectivity index is 2.27. The van der Waals surface area contributed by atoms with Crippen LogP contribution in [0.1, 0.15) is 30.5 Å². The van der Waals surface area contributed by atoms with Crippen LogP contribution in [0.3, 0.4) is 0 Å². The first-order chi connectivity index (χ1) is 9.92. The van der Waals surface area contributed by atoms with Gasteiger partial charge in [-0.3, -0.25) is 0 Å². The highest BCUT2D eigenvalue weighted by Crippen LogP contribution is 2.21. The minimum Gasteiger partial charge on any atom is -0.207 e. The number of sulfonamides is 1. The zero-order chi connectivity index (χ0) is 15.5. The molecule has 0 aliphatic heterocycles. The van der Waals surface area contributed by atoms with E-state index in [0.717, 1.165) is 17.2 Å². The number of aryl methyl sites for hydroxylation is 1. The molecule has 0 aromatic heterocycles. The van der Waals surface area contributed by atoms with Gasteiger partial charge in [-0.1, -0.05) is 42.8 Å². The molecule has 0 bridgehead atoms. The molecular formula is C16H18FNO2S. The third kappa shape index (κ3) is 3.89. The van der Waals surface area contributed by atoms with Crippen LogP contribution in [0, 0.1) is 12.7 Å². The molecule has 0 aliphatic rings. The average Bonchev–Trinajstić information content (AvgIpc) is 2.46. The molecule has 2 rings (SSSR count). The smallest absolute Gasteiger partial charge is 0.207 e. The van der Waals surface area contributed by atoms with E-state index < -0.39 is 15.8 Å². The van der Waals surface area contributed by atoms with E-state index in [1.807, 2.05) is 38.1 Å². The molecule has 3 nitrogen and oxygen atoms in total. The highest BCUT2D eigenvalue weighted by atomic mass is 32.2. The van der Waals surface area contributed by atoms with E-state index in [-0.39, 0.29) is 10.9 Å². The lowest BCUT2D eigenvalue weighted by Gasteiger charge is -2.18. The summed E-state index contributed by atoms with van der Waals surface area (Å²) in [5, 5.41) is 0. The van der Waals surface area contributed by atoms with Crippen molar-refractivity contribution in [1.29, 1.82) is 0 Å². The SMILES string of the molecule is CCC(NS(=O)(=O)c1cccc(F)c1)c1ccc(C)cc1. The van der Waals surface area contributed by atoms with Crippen molar-refractivity contribution in [3.63, 3.8) is 0 Å². The van der Waals surface area contributed by atoms with Crippen LogP contribution in [0.4, 0.5) is 4.39 Å². The van der Waals surface area contributed by atoms with Gasteiger partial charge in [0, 0.05) is 6.04 Å². The van der Waals surface area contributed by atoms with Crippen molar-refractivity contribution in [3.8, 4) is 0 Å². The molecule has 0 aliphatic carbocycles. The van der Waals surface area contributed by atoms with Crippen molar-refractivity contribution in [2.24, 2.45) is 0 Å². The molecule has 1 unspecified atom stereocenters. The van der Waals surface area contributed by atoms with Crippen LogP contribution in [0.5, 0.6) is 0 Å². The molecule has 0 saturated heterocycles. The van der Waals surface area contributed by atoms with Gasteiger partial charge in [0.1, 0.15) is 5.82 Å². The molecule has 21 heavy (non-hydrogen) atoms. The maximum Gasteiger partial charge on any atom is 0.241 e. The fourth-order valence-corrected chi connectivity index (χ4v) is 3.41. The van der Waals surface area contributed by atoms with E-state index >= 15 is 0 Å². The fourth-order valence-electron chi connectivity index (χ4n) is 2.08. The van der Waals surface area contributed by atoms with Gasteiger partial charge >= 0.3 is 0 Å². The summed E-state index contributed by atoms with van der Waals surface area (Å²) in [5.74, 6) is -0.568. The van der Waals surface area contributed by atoms with Crippen molar-refractivity contribution >= 4 is 10.0 Å². The van der Waals surface area contributed by atoms with E-state index in [0.29, 0.717) is 6.42 Å². The molecule has 2 aromatic rings. The highest BCUT2D eigenvalue weighted by Gasteiger charge is 2.20. The van der Waals surface area contributed by atoms with E-state index in [9.17, 15) is 12.8 Å². The molecule has 2 aromatic carbocycles. The van der Waals surface area contributed by atoms with Gasteiger partial charge in [0.05, 0.1) is 4.90 Å². The van der Waals surface area contributed by atoms with Crippen LogP contribution < -0.4 is 4.72 Å². The number of benzene rings is 2. The Labute approximate surface area is 124 Å². The molecule has 0 spiro atoms. The Morgan fingerprint density at radius 3 is 2.38 bits per heavy atom. The lowest BCUT2D eigenvalue weighted by atomic mass is 10.0. The Hall–Kier alpha value is -1.72. The molecule has 5 heteroatoms. The van der Waals surface area contributed by atoms with Crippen molar-refractivity contribution in [3.05, 3.63) is 65.5 Å². The largest absolute Gasteiger partial charge is 0.241 e. The summed E-state index contributed by atoms with van der Waals surface area (Å²) in [6.07, 6.45) is 0.609. The van der Waals surface area contributed by atoms with Crippen molar-refractivity contribution in [1.82, 2.24) is 4.72 Å². The first-order valence-electron chi connectivity index (χ1n) is 6.77. The zero-order valence-electron chi connectivity index (χ0n) is 12.0. The molecule has 0 amide bonds.